The Morgan fingerprint density at radius 2 is 1.88 bits per heavy atom. The number of benzene rings is 1. The highest BCUT2D eigenvalue weighted by molar-refractivity contribution is 5.97. The van der Waals surface area contributed by atoms with Gasteiger partial charge in [0, 0.05) is 18.8 Å². The first-order valence-corrected chi connectivity index (χ1v) is 8.98. The number of nitrogens with zero attached hydrogens (tertiary/aromatic N) is 1. The Hall–Kier alpha value is -2.89. The molecule has 0 bridgehead atoms. The van der Waals surface area contributed by atoms with Crippen molar-refractivity contribution < 1.29 is 14.3 Å². The smallest absolute Gasteiger partial charge is 0.255 e. The SMILES string of the molecule is O=C1CC[C@@H](NC(=O)c2ccccc2Oc2ccncc2)[C@H](C2CC2)N1. The summed E-state index contributed by atoms with van der Waals surface area (Å²) in [5.41, 5.74) is 0.482. The zero-order valence-electron chi connectivity index (χ0n) is 14.4. The van der Waals surface area contributed by atoms with E-state index in [0.29, 0.717) is 35.8 Å². The van der Waals surface area contributed by atoms with Crippen LogP contribution in [0.1, 0.15) is 36.0 Å². The molecule has 1 saturated carbocycles. The van der Waals surface area contributed by atoms with Gasteiger partial charge in [-0.05, 0) is 49.4 Å². The Bertz CT molecular complexity index is 805. The minimum Gasteiger partial charge on any atom is -0.456 e. The molecule has 134 valence electrons. The Labute approximate surface area is 152 Å². The molecule has 2 atom stereocenters. The predicted octanol–water partition coefficient (Wildman–Crippen LogP) is 2.66. The van der Waals surface area contributed by atoms with Crippen molar-refractivity contribution in [2.45, 2.75) is 37.8 Å². The molecule has 2 N–H and O–H groups in total. The number of piperidine rings is 1. The van der Waals surface area contributed by atoms with Gasteiger partial charge in [-0.2, -0.15) is 0 Å². The van der Waals surface area contributed by atoms with E-state index in [1.807, 2.05) is 12.1 Å². The summed E-state index contributed by atoms with van der Waals surface area (Å²) in [5, 5.41) is 6.16. The number of hydrogen-bond acceptors (Lipinski definition) is 4. The van der Waals surface area contributed by atoms with Gasteiger partial charge in [0.1, 0.15) is 11.5 Å². The number of nitrogens with one attached hydrogen (secondary N) is 2. The van der Waals surface area contributed by atoms with Gasteiger partial charge >= 0.3 is 0 Å². The minimum absolute atomic E-state index is 0.0356. The zero-order chi connectivity index (χ0) is 17.9. The standard InChI is InChI=1S/C20H21N3O3/c24-18-8-7-16(19(23-18)13-5-6-13)22-20(25)15-3-1-2-4-17(15)26-14-9-11-21-12-10-14/h1-4,9-13,16,19H,5-8H2,(H,22,25)(H,23,24)/t16-,19+/m1/s1. The fraction of sp³-hybridized carbons (Fsp3) is 0.350. The Morgan fingerprint density at radius 3 is 2.65 bits per heavy atom. The lowest BCUT2D eigenvalue weighted by atomic mass is 9.94. The van der Waals surface area contributed by atoms with Crippen LogP contribution in [0.25, 0.3) is 0 Å². The van der Waals surface area contributed by atoms with E-state index in [0.717, 1.165) is 12.8 Å². The molecule has 1 saturated heterocycles. The molecule has 1 aliphatic carbocycles. The Kier molecular flexibility index (Phi) is 4.56. The van der Waals surface area contributed by atoms with Crippen LogP contribution in [-0.4, -0.2) is 28.9 Å². The minimum atomic E-state index is -0.179. The van der Waals surface area contributed by atoms with E-state index in [9.17, 15) is 9.59 Å². The molecule has 4 rings (SSSR count). The molecule has 1 aliphatic heterocycles. The summed E-state index contributed by atoms with van der Waals surface area (Å²) < 4.78 is 5.85. The quantitative estimate of drug-likeness (QED) is 0.868. The maximum absolute atomic E-state index is 12.9. The van der Waals surface area contributed by atoms with E-state index in [2.05, 4.69) is 15.6 Å². The molecule has 0 spiro atoms. The van der Waals surface area contributed by atoms with Crippen LogP contribution in [0.3, 0.4) is 0 Å². The average molecular weight is 351 g/mol. The molecule has 1 aromatic heterocycles. The molecular formula is C20H21N3O3. The second-order valence-electron chi connectivity index (χ2n) is 6.83. The highest BCUT2D eigenvalue weighted by Gasteiger charge is 2.40. The van der Waals surface area contributed by atoms with Gasteiger partial charge in [0.05, 0.1) is 17.6 Å². The summed E-state index contributed by atoms with van der Waals surface area (Å²) in [4.78, 5) is 28.6. The molecule has 2 aliphatic rings. The molecule has 2 fully saturated rings. The second kappa shape index (κ2) is 7.15. The molecule has 2 heterocycles. The van der Waals surface area contributed by atoms with E-state index in [1.165, 1.54) is 0 Å². The van der Waals surface area contributed by atoms with Crippen LogP contribution in [-0.2, 0) is 4.79 Å². The third kappa shape index (κ3) is 3.69. The molecule has 26 heavy (non-hydrogen) atoms. The van der Waals surface area contributed by atoms with Crippen molar-refractivity contribution in [1.82, 2.24) is 15.6 Å². The van der Waals surface area contributed by atoms with Crippen LogP contribution in [0.15, 0.2) is 48.8 Å². The largest absolute Gasteiger partial charge is 0.456 e. The Morgan fingerprint density at radius 1 is 1.12 bits per heavy atom. The zero-order valence-corrected chi connectivity index (χ0v) is 14.4. The molecular weight excluding hydrogens is 330 g/mol. The van der Waals surface area contributed by atoms with Crippen molar-refractivity contribution in [3.05, 3.63) is 54.4 Å². The fourth-order valence-corrected chi connectivity index (χ4v) is 3.41. The van der Waals surface area contributed by atoms with Crippen LogP contribution >= 0.6 is 0 Å². The summed E-state index contributed by atoms with van der Waals surface area (Å²) >= 11 is 0. The van der Waals surface area contributed by atoms with Gasteiger partial charge in [0.15, 0.2) is 0 Å². The summed E-state index contributed by atoms with van der Waals surface area (Å²) in [5.74, 6) is 1.50. The van der Waals surface area contributed by atoms with Crippen LogP contribution in [0, 0.1) is 5.92 Å². The number of aromatic nitrogens is 1. The van der Waals surface area contributed by atoms with Crippen LogP contribution in [0.4, 0.5) is 0 Å². The van der Waals surface area contributed by atoms with Crippen molar-refractivity contribution in [3.8, 4) is 11.5 Å². The van der Waals surface area contributed by atoms with Crippen molar-refractivity contribution >= 4 is 11.8 Å². The number of para-hydroxylation sites is 1. The van der Waals surface area contributed by atoms with Crippen molar-refractivity contribution in [2.24, 2.45) is 5.92 Å². The third-order valence-electron chi connectivity index (χ3n) is 4.90. The summed E-state index contributed by atoms with van der Waals surface area (Å²) in [6.07, 6.45) is 6.62. The van der Waals surface area contributed by atoms with Gasteiger partial charge in [-0.3, -0.25) is 14.6 Å². The van der Waals surface area contributed by atoms with Crippen LogP contribution in [0.5, 0.6) is 11.5 Å². The van der Waals surface area contributed by atoms with E-state index in [-0.39, 0.29) is 23.9 Å². The lowest BCUT2D eigenvalue weighted by Crippen LogP contribution is -2.56. The van der Waals surface area contributed by atoms with Gasteiger partial charge in [0.2, 0.25) is 5.91 Å². The van der Waals surface area contributed by atoms with Gasteiger partial charge in [-0.1, -0.05) is 12.1 Å². The van der Waals surface area contributed by atoms with Crippen LogP contribution in [0.2, 0.25) is 0 Å². The number of hydrogen-bond donors (Lipinski definition) is 2. The number of pyridine rings is 1. The van der Waals surface area contributed by atoms with Gasteiger partial charge in [-0.25, -0.2) is 0 Å². The molecule has 2 amide bonds. The predicted molar refractivity (Wildman–Crippen MR) is 95.9 cm³/mol. The first-order valence-electron chi connectivity index (χ1n) is 8.98. The second-order valence-corrected chi connectivity index (χ2v) is 6.83. The van der Waals surface area contributed by atoms with Crippen LogP contribution < -0.4 is 15.4 Å². The molecule has 0 unspecified atom stereocenters. The summed E-state index contributed by atoms with van der Waals surface area (Å²) in [6.45, 7) is 0. The maximum Gasteiger partial charge on any atom is 0.255 e. The summed E-state index contributed by atoms with van der Waals surface area (Å²) in [6, 6.07) is 10.7. The normalized spacial score (nSPS) is 22.4. The van der Waals surface area contributed by atoms with E-state index >= 15 is 0 Å². The number of carbonyl (C=O) groups is 2. The van der Waals surface area contributed by atoms with Gasteiger partial charge < -0.3 is 15.4 Å². The van der Waals surface area contributed by atoms with Crippen molar-refractivity contribution in [2.75, 3.05) is 0 Å². The lowest BCUT2D eigenvalue weighted by molar-refractivity contribution is -0.124. The lowest BCUT2D eigenvalue weighted by Gasteiger charge is -2.33. The third-order valence-corrected chi connectivity index (χ3v) is 4.90. The van der Waals surface area contributed by atoms with Gasteiger partial charge in [0.25, 0.3) is 5.91 Å². The van der Waals surface area contributed by atoms with Gasteiger partial charge in [-0.15, -0.1) is 0 Å². The molecule has 1 aromatic carbocycles. The van der Waals surface area contributed by atoms with E-state index in [1.54, 1.807) is 36.7 Å². The molecule has 6 heteroatoms. The Balaban J connectivity index is 1.50. The topological polar surface area (TPSA) is 80.3 Å². The first-order chi connectivity index (χ1) is 12.7. The average Bonchev–Trinajstić information content (AvgIpc) is 3.49. The van der Waals surface area contributed by atoms with Crippen molar-refractivity contribution in [1.29, 1.82) is 0 Å². The molecule has 0 radical (unpaired) electrons. The number of rotatable bonds is 5. The maximum atomic E-state index is 12.9. The summed E-state index contributed by atoms with van der Waals surface area (Å²) in [7, 11) is 0. The highest BCUT2D eigenvalue weighted by atomic mass is 16.5. The number of ether oxygens (including phenoxy) is 1. The van der Waals surface area contributed by atoms with Crippen molar-refractivity contribution in [3.63, 3.8) is 0 Å². The highest BCUT2D eigenvalue weighted by Crippen LogP contribution is 2.36. The first kappa shape index (κ1) is 16.6. The fourth-order valence-electron chi connectivity index (χ4n) is 3.41. The number of carbonyl (C=O) groups excluding carboxylic acids is 2. The number of amides is 2. The molecule has 6 nitrogen and oxygen atoms in total. The van der Waals surface area contributed by atoms with E-state index < -0.39 is 0 Å². The van der Waals surface area contributed by atoms with E-state index in [4.69, 9.17) is 4.74 Å². The molecule has 2 aromatic rings. The monoisotopic (exact) mass is 351 g/mol.